The Bertz CT molecular complexity index is 1360. The number of hydrogen-bond donors (Lipinski definition) is 2. The summed E-state index contributed by atoms with van der Waals surface area (Å²) in [5.74, 6) is -1.44. The van der Waals surface area contributed by atoms with Crippen molar-refractivity contribution in [3.63, 3.8) is 0 Å². The maximum atomic E-state index is 13.4. The molecule has 204 valence electrons. The summed E-state index contributed by atoms with van der Waals surface area (Å²) in [6, 6.07) is 18.0. The number of halogens is 3. The molecule has 3 aromatic rings. The number of methoxy groups -OCH3 is 1. The lowest BCUT2D eigenvalue weighted by Gasteiger charge is -2.31. The summed E-state index contributed by atoms with van der Waals surface area (Å²) < 4.78 is 2.61. The van der Waals surface area contributed by atoms with E-state index in [9.17, 15) is 14.4 Å². The van der Waals surface area contributed by atoms with Crippen LogP contribution in [0.3, 0.4) is 0 Å². The van der Waals surface area contributed by atoms with Gasteiger partial charge in [-0.25, -0.2) is 0 Å². The van der Waals surface area contributed by atoms with Crippen molar-refractivity contribution in [2.45, 2.75) is 29.2 Å². The van der Waals surface area contributed by atoms with Crippen LogP contribution in [-0.4, -0.2) is 44.9 Å². The van der Waals surface area contributed by atoms with E-state index in [-0.39, 0.29) is 24.4 Å². The fraction of sp³-hybridized carbons (Fsp3) is 0.222. The lowest BCUT2D eigenvalue weighted by Crippen LogP contribution is -2.58. The van der Waals surface area contributed by atoms with Crippen LogP contribution < -0.4 is 15.5 Å². The molecule has 0 aliphatic heterocycles. The van der Waals surface area contributed by atoms with Gasteiger partial charge in [0.25, 0.3) is 0 Å². The number of anilines is 1. The van der Waals surface area contributed by atoms with E-state index in [0.29, 0.717) is 11.2 Å². The van der Waals surface area contributed by atoms with Crippen molar-refractivity contribution in [3.05, 3.63) is 78.5 Å². The number of aromatic nitrogens is 1. The third-order valence-corrected chi connectivity index (χ3v) is 6.37. The molecule has 39 heavy (non-hydrogen) atoms. The Hall–Kier alpha value is -3.24. The molecule has 8 nitrogen and oxygen atoms in total. The molecule has 1 heterocycles. The number of carbonyl (C=O) groups excluding carboxylic acids is 3. The van der Waals surface area contributed by atoms with E-state index < -0.39 is 27.7 Å². The average molecular weight is 608 g/mol. The number of esters is 1. The predicted molar refractivity (Wildman–Crippen MR) is 159 cm³/mol. The second-order valence-electron chi connectivity index (χ2n) is 8.19. The number of para-hydroxylation sites is 1. The van der Waals surface area contributed by atoms with Crippen molar-refractivity contribution in [2.75, 3.05) is 12.0 Å². The van der Waals surface area contributed by atoms with Crippen LogP contribution in [0.5, 0.6) is 0 Å². The molecule has 1 unspecified atom stereocenters. The number of hydrogen-bond acceptors (Lipinski definition) is 6. The van der Waals surface area contributed by atoms with Gasteiger partial charge >= 0.3 is 5.97 Å². The summed E-state index contributed by atoms with van der Waals surface area (Å²) in [5.41, 5.74) is 1.69. The first-order chi connectivity index (χ1) is 18.6. The van der Waals surface area contributed by atoms with Crippen LogP contribution in [0.2, 0.25) is 0 Å². The summed E-state index contributed by atoms with van der Waals surface area (Å²) in [5, 5.41) is 5.99. The number of thiocarbonyl (C=S) groups is 1. The SMILES string of the molecule is COC(=O)CCCC(=O)N(C(=S)NC(NC(=O)/C=C/c1ccccc1)C(Cl)(Cl)Cl)c1cccc2cccnc12. The maximum absolute atomic E-state index is 13.4. The highest BCUT2D eigenvalue weighted by Crippen LogP contribution is 2.30. The van der Waals surface area contributed by atoms with Gasteiger partial charge in [-0.3, -0.25) is 24.3 Å². The number of nitrogens with one attached hydrogen (secondary N) is 2. The predicted octanol–water partition coefficient (Wildman–Crippen LogP) is 5.31. The zero-order valence-electron chi connectivity index (χ0n) is 20.8. The molecule has 1 atom stereocenters. The van der Waals surface area contributed by atoms with Crippen LogP contribution in [0, 0.1) is 0 Å². The highest BCUT2D eigenvalue weighted by atomic mass is 35.6. The Kier molecular flexibility index (Phi) is 11.1. The van der Waals surface area contributed by atoms with Crippen molar-refractivity contribution < 1.29 is 19.1 Å². The molecule has 12 heteroatoms. The van der Waals surface area contributed by atoms with Gasteiger partial charge in [0.2, 0.25) is 15.6 Å². The number of fused-ring (bicyclic) bond motifs is 1. The summed E-state index contributed by atoms with van der Waals surface area (Å²) in [6.07, 6.45) is 3.39. The highest BCUT2D eigenvalue weighted by molar-refractivity contribution is 7.80. The Morgan fingerprint density at radius 3 is 2.44 bits per heavy atom. The van der Waals surface area contributed by atoms with Crippen LogP contribution in [0.15, 0.2) is 72.9 Å². The second-order valence-corrected chi connectivity index (χ2v) is 10.9. The lowest BCUT2D eigenvalue weighted by atomic mass is 10.1. The second kappa shape index (κ2) is 14.2. The van der Waals surface area contributed by atoms with Gasteiger partial charge in [0.05, 0.1) is 18.3 Å². The minimum Gasteiger partial charge on any atom is -0.469 e. The van der Waals surface area contributed by atoms with Crippen LogP contribution in [0.4, 0.5) is 5.69 Å². The monoisotopic (exact) mass is 606 g/mol. The number of pyridine rings is 1. The van der Waals surface area contributed by atoms with Crippen molar-refractivity contribution in [1.29, 1.82) is 0 Å². The maximum Gasteiger partial charge on any atom is 0.305 e. The fourth-order valence-corrected chi connectivity index (χ4v) is 4.18. The number of ether oxygens (including phenoxy) is 1. The van der Waals surface area contributed by atoms with Gasteiger partial charge in [0, 0.05) is 30.5 Å². The molecule has 3 rings (SSSR count). The molecule has 0 aliphatic rings. The number of amides is 2. The van der Waals surface area contributed by atoms with Crippen LogP contribution >= 0.6 is 47.0 Å². The molecule has 1 aromatic heterocycles. The molecular formula is C27H25Cl3N4O4S. The van der Waals surface area contributed by atoms with E-state index in [1.54, 1.807) is 30.5 Å². The molecule has 0 saturated heterocycles. The third kappa shape index (κ3) is 8.90. The highest BCUT2D eigenvalue weighted by Gasteiger charge is 2.36. The minimum atomic E-state index is -2.04. The van der Waals surface area contributed by atoms with Crippen molar-refractivity contribution >= 4 is 92.6 Å². The largest absolute Gasteiger partial charge is 0.469 e. The van der Waals surface area contributed by atoms with E-state index in [2.05, 4.69) is 20.4 Å². The van der Waals surface area contributed by atoms with Crippen LogP contribution in [0.1, 0.15) is 24.8 Å². The number of alkyl halides is 3. The number of carbonyl (C=O) groups is 3. The van der Waals surface area contributed by atoms with E-state index in [0.717, 1.165) is 10.9 Å². The molecular weight excluding hydrogens is 583 g/mol. The first-order valence-corrected chi connectivity index (χ1v) is 13.3. The Labute approximate surface area is 246 Å². The minimum absolute atomic E-state index is 0.0370. The molecule has 0 bridgehead atoms. The van der Waals surface area contributed by atoms with E-state index in [1.807, 2.05) is 42.5 Å². The molecule has 2 aromatic carbocycles. The fourth-order valence-electron chi connectivity index (χ4n) is 3.54. The smallest absolute Gasteiger partial charge is 0.305 e. The van der Waals surface area contributed by atoms with Crippen molar-refractivity contribution in [3.8, 4) is 0 Å². The zero-order chi connectivity index (χ0) is 28.4. The van der Waals surface area contributed by atoms with E-state index in [1.165, 1.54) is 18.1 Å². The van der Waals surface area contributed by atoms with Crippen molar-refractivity contribution in [1.82, 2.24) is 15.6 Å². The lowest BCUT2D eigenvalue weighted by molar-refractivity contribution is -0.140. The Balaban J connectivity index is 1.87. The summed E-state index contributed by atoms with van der Waals surface area (Å²) >= 11 is 24.1. The van der Waals surface area contributed by atoms with Gasteiger partial charge in [0.1, 0.15) is 6.17 Å². The van der Waals surface area contributed by atoms with Gasteiger partial charge < -0.3 is 15.4 Å². The average Bonchev–Trinajstić information content (AvgIpc) is 2.91. The van der Waals surface area contributed by atoms with Gasteiger partial charge in [-0.15, -0.1) is 0 Å². The number of nitrogens with zero attached hydrogens (tertiary/aromatic N) is 2. The molecule has 0 saturated carbocycles. The van der Waals surface area contributed by atoms with E-state index in [4.69, 9.17) is 47.0 Å². The summed E-state index contributed by atoms with van der Waals surface area (Å²) in [4.78, 5) is 43.3. The summed E-state index contributed by atoms with van der Waals surface area (Å²) in [7, 11) is 1.28. The normalized spacial score (nSPS) is 12.1. The first-order valence-electron chi connectivity index (χ1n) is 11.7. The first kappa shape index (κ1) is 30.3. The Morgan fingerprint density at radius 2 is 1.74 bits per heavy atom. The standard InChI is InChI=1S/C27H25Cl3N4O4S/c1-38-23(37)14-6-13-22(36)34(20-12-5-10-19-11-7-17-31-24(19)20)26(39)33-25(27(28,29)30)32-21(35)16-15-18-8-3-2-4-9-18/h2-5,7-12,15-17,25H,6,13-14H2,1H3,(H,32,35)(H,33,39)/b16-15+. The van der Waals surface area contributed by atoms with Crippen LogP contribution in [0.25, 0.3) is 17.0 Å². The van der Waals surface area contributed by atoms with Gasteiger partial charge in [0.15, 0.2) is 5.11 Å². The zero-order valence-corrected chi connectivity index (χ0v) is 23.9. The molecule has 0 aliphatic carbocycles. The van der Waals surface area contributed by atoms with Gasteiger partial charge in [-0.1, -0.05) is 83.3 Å². The molecule has 0 spiro atoms. The van der Waals surface area contributed by atoms with Gasteiger partial charge in [-0.2, -0.15) is 0 Å². The molecule has 2 N–H and O–H groups in total. The Morgan fingerprint density at radius 1 is 1.03 bits per heavy atom. The van der Waals surface area contributed by atoms with Gasteiger partial charge in [-0.05, 0) is 42.4 Å². The molecule has 2 amide bonds. The number of benzene rings is 2. The quantitative estimate of drug-likeness (QED) is 0.112. The molecule has 0 radical (unpaired) electrons. The molecule has 0 fully saturated rings. The summed E-state index contributed by atoms with van der Waals surface area (Å²) in [6.45, 7) is 0. The topological polar surface area (TPSA) is 101 Å². The number of rotatable bonds is 9. The van der Waals surface area contributed by atoms with E-state index >= 15 is 0 Å². The van der Waals surface area contributed by atoms with Crippen LogP contribution in [-0.2, 0) is 19.1 Å². The van der Waals surface area contributed by atoms with Crippen molar-refractivity contribution in [2.24, 2.45) is 0 Å². The third-order valence-electron chi connectivity index (χ3n) is 5.41.